The Hall–Kier alpha value is -0.610. The van der Waals surface area contributed by atoms with E-state index >= 15 is 0 Å². The van der Waals surface area contributed by atoms with Crippen LogP contribution in [0.2, 0.25) is 0 Å². The Balaban J connectivity index is 1.72. The average molecular weight is 198 g/mol. The van der Waals surface area contributed by atoms with Crippen molar-refractivity contribution in [3.63, 3.8) is 0 Å². The molecule has 0 aromatic carbocycles. The Kier molecular flexibility index (Phi) is 3.03. The van der Waals surface area contributed by atoms with Crippen molar-refractivity contribution in [1.82, 2.24) is 4.90 Å². The molecular weight excluding hydrogens is 180 g/mol. The van der Waals surface area contributed by atoms with Crippen LogP contribution in [-0.2, 0) is 9.53 Å². The molecule has 1 atom stereocenters. The third-order valence-corrected chi connectivity index (χ3v) is 2.93. The summed E-state index contributed by atoms with van der Waals surface area (Å²) in [6, 6.07) is 0.801. The van der Waals surface area contributed by atoms with Crippen molar-refractivity contribution < 1.29 is 9.53 Å². The van der Waals surface area contributed by atoms with Crippen LogP contribution in [0.4, 0.5) is 0 Å². The number of hydrogen-bond donors (Lipinski definition) is 1. The molecule has 2 fully saturated rings. The van der Waals surface area contributed by atoms with Crippen LogP contribution in [0.3, 0.4) is 0 Å². The second kappa shape index (κ2) is 4.28. The minimum atomic E-state index is -0.367. The van der Waals surface area contributed by atoms with E-state index in [-0.39, 0.29) is 18.6 Å². The molecule has 1 unspecified atom stereocenters. The molecule has 14 heavy (non-hydrogen) atoms. The zero-order valence-corrected chi connectivity index (χ0v) is 8.45. The first-order valence-electron chi connectivity index (χ1n) is 5.39. The molecule has 1 saturated heterocycles. The van der Waals surface area contributed by atoms with Crippen molar-refractivity contribution in [3.05, 3.63) is 0 Å². The fraction of sp³-hybridized carbons (Fsp3) is 0.900. The van der Waals surface area contributed by atoms with E-state index in [1.807, 2.05) is 0 Å². The predicted molar refractivity (Wildman–Crippen MR) is 52.8 cm³/mol. The highest BCUT2D eigenvalue weighted by Gasteiger charge is 2.32. The van der Waals surface area contributed by atoms with E-state index in [1.54, 1.807) is 0 Å². The lowest BCUT2D eigenvalue weighted by atomic mass is 10.1. The topological polar surface area (TPSA) is 55.6 Å². The van der Waals surface area contributed by atoms with Crippen LogP contribution in [0.25, 0.3) is 0 Å². The van der Waals surface area contributed by atoms with Gasteiger partial charge in [0, 0.05) is 12.6 Å². The lowest BCUT2D eigenvalue weighted by Gasteiger charge is -2.32. The fourth-order valence-corrected chi connectivity index (χ4v) is 2.07. The molecule has 0 spiro atoms. The van der Waals surface area contributed by atoms with E-state index in [0.717, 1.165) is 19.0 Å². The highest BCUT2D eigenvalue weighted by molar-refractivity contribution is 5.75. The molecule has 1 heterocycles. The Labute approximate surface area is 84.4 Å². The molecule has 4 nitrogen and oxygen atoms in total. The van der Waals surface area contributed by atoms with Crippen molar-refractivity contribution >= 4 is 5.91 Å². The number of amides is 1. The summed E-state index contributed by atoms with van der Waals surface area (Å²) >= 11 is 0. The largest absolute Gasteiger partial charge is 0.368 e. The van der Waals surface area contributed by atoms with Gasteiger partial charge in [0.15, 0.2) is 0 Å². The predicted octanol–water partition coefficient (Wildman–Crippen LogP) is 0.115. The summed E-state index contributed by atoms with van der Waals surface area (Å²) in [4.78, 5) is 13.0. The van der Waals surface area contributed by atoms with Crippen molar-refractivity contribution in [3.8, 4) is 0 Å². The molecular formula is C10H18N2O2. The van der Waals surface area contributed by atoms with Crippen LogP contribution < -0.4 is 5.73 Å². The number of piperidine rings is 1. The number of rotatable bonds is 4. The Morgan fingerprint density at radius 1 is 1.43 bits per heavy atom. The zero-order chi connectivity index (χ0) is 9.97. The second-order valence-corrected chi connectivity index (χ2v) is 4.27. The van der Waals surface area contributed by atoms with E-state index in [9.17, 15) is 4.79 Å². The van der Waals surface area contributed by atoms with Crippen molar-refractivity contribution in [2.45, 2.75) is 37.8 Å². The van der Waals surface area contributed by atoms with Gasteiger partial charge in [-0.25, -0.2) is 0 Å². The molecule has 1 aliphatic heterocycles. The molecule has 0 radical (unpaired) electrons. The first-order chi connectivity index (χ1) is 6.75. The number of carbonyl (C=O) groups excluding carboxylic acids is 1. The molecule has 80 valence electrons. The summed E-state index contributed by atoms with van der Waals surface area (Å²) in [5.41, 5.74) is 5.04. The summed E-state index contributed by atoms with van der Waals surface area (Å²) in [7, 11) is 0. The standard InChI is InChI=1S/C10H18N2O2/c11-10(13)7-14-9-2-1-5-12(6-9)8-3-4-8/h8-9H,1-7H2,(H2,11,13). The Bertz CT molecular complexity index is 216. The maximum Gasteiger partial charge on any atom is 0.243 e. The number of hydrogen-bond acceptors (Lipinski definition) is 3. The van der Waals surface area contributed by atoms with Crippen LogP contribution in [0.5, 0.6) is 0 Å². The van der Waals surface area contributed by atoms with Crippen LogP contribution in [0, 0.1) is 0 Å². The van der Waals surface area contributed by atoms with Gasteiger partial charge in [-0.2, -0.15) is 0 Å². The van der Waals surface area contributed by atoms with Crippen LogP contribution in [-0.4, -0.2) is 42.6 Å². The van der Waals surface area contributed by atoms with Crippen molar-refractivity contribution in [2.24, 2.45) is 5.73 Å². The summed E-state index contributed by atoms with van der Waals surface area (Å²) in [5.74, 6) is -0.367. The van der Waals surface area contributed by atoms with Gasteiger partial charge in [-0.05, 0) is 32.2 Å². The molecule has 0 aromatic rings. The molecule has 2 aliphatic rings. The third kappa shape index (κ3) is 2.69. The molecule has 2 rings (SSSR count). The first kappa shape index (κ1) is 9.93. The van der Waals surface area contributed by atoms with Gasteiger partial charge in [-0.1, -0.05) is 0 Å². The van der Waals surface area contributed by atoms with Crippen molar-refractivity contribution in [1.29, 1.82) is 0 Å². The molecule has 1 saturated carbocycles. The van der Waals surface area contributed by atoms with Crippen LogP contribution in [0.15, 0.2) is 0 Å². The molecule has 0 bridgehead atoms. The van der Waals surface area contributed by atoms with Gasteiger partial charge in [0.2, 0.25) is 5.91 Å². The Morgan fingerprint density at radius 2 is 2.21 bits per heavy atom. The van der Waals surface area contributed by atoms with E-state index in [4.69, 9.17) is 10.5 Å². The van der Waals surface area contributed by atoms with Gasteiger partial charge < -0.3 is 10.5 Å². The highest BCUT2D eigenvalue weighted by atomic mass is 16.5. The van der Waals surface area contributed by atoms with Gasteiger partial charge in [0.05, 0.1) is 6.10 Å². The van der Waals surface area contributed by atoms with E-state index < -0.39 is 0 Å². The van der Waals surface area contributed by atoms with Crippen LogP contribution in [0.1, 0.15) is 25.7 Å². The summed E-state index contributed by atoms with van der Waals surface area (Å²) in [5, 5.41) is 0. The normalized spacial score (nSPS) is 29.0. The molecule has 1 amide bonds. The summed E-state index contributed by atoms with van der Waals surface area (Å²) in [6.07, 6.45) is 5.14. The first-order valence-corrected chi connectivity index (χ1v) is 5.39. The molecule has 0 aromatic heterocycles. The van der Waals surface area contributed by atoms with Crippen LogP contribution >= 0.6 is 0 Å². The fourth-order valence-electron chi connectivity index (χ4n) is 2.07. The van der Waals surface area contributed by atoms with E-state index in [0.29, 0.717) is 0 Å². The Morgan fingerprint density at radius 3 is 2.86 bits per heavy atom. The van der Waals surface area contributed by atoms with E-state index in [2.05, 4.69) is 4.90 Å². The molecule has 4 heteroatoms. The molecule has 1 aliphatic carbocycles. The number of nitrogens with zero attached hydrogens (tertiary/aromatic N) is 1. The van der Waals surface area contributed by atoms with Gasteiger partial charge >= 0.3 is 0 Å². The van der Waals surface area contributed by atoms with Crippen molar-refractivity contribution in [2.75, 3.05) is 19.7 Å². The second-order valence-electron chi connectivity index (χ2n) is 4.27. The van der Waals surface area contributed by atoms with Gasteiger partial charge in [-0.15, -0.1) is 0 Å². The maximum absolute atomic E-state index is 10.6. The smallest absolute Gasteiger partial charge is 0.243 e. The lowest BCUT2D eigenvalue weighted by molar-refractivity contribution is -0.125. The minimum absolute atomic E-state index is 0.0726. The molecule has 2 N–H and O–H groups in total. The quantitative estimate of drug-likeness (QED) is 0.698. The number of ether oxygens (including phenoxy) is 1. The monoisotopic (exact) mass is 198 g/mol. The number of carbonyl (C=O) groups is 1. The SMILES string of the molecule is NC(=O)COC1CCCN(C2CC2)C1. The zero-order valence-electron chi connectivity index (χ0n) is 8.45. The van der Waals surface area contributed by atoms with Gasteiger partial charge in [-0.3, -0.25) is 9.69 Å². The van der Waals surface area contributed by atoms with E-state index in [1.165, 1.54) is 25.8 Å². The number of primary amides is 1. The van der Waals surface area contributed by atoms with Gasteiger partial charge in [0.25, 0.3) is 0 Å². The number of nitrogens with two attached hydrogens (primary N) is 1. The third-order valence-electron chi connectivity index (χ3n) is 2.93. The minimum Gasteiger partial charge on any atom is -0.368 e. The maximum atomic E-state index is 10.6. The average Bonchev–Trinajstić information content (AvgIpc) is 2.98. The summed E-state index contributed by atoms with van der Waals surface area (Å²) in [6.45, 7) is 2.25. The summed E-state index contributed by atoms with van der Waals surface area (Å²) < 4.78 is 5.44. The highest BCUT2D eigenvalue weighted by Crippen LogP contribution is 2.29. The number of likely N-dealkylation sites (tertiary alicyclic amines) is 1. The van der Waals surface area contributed by atoms with Gasteiger partial charge in [0.1, 0.15) is 6.61 Å². The lowest BCUT2D eigenvalue weighted by Crippen LogP contribution is -2.41.